The van der Waals surface area contributed by atoms with Gasteiger partial charge in [0.05, 0.1) is 20.3 Å². The largest absolute Gasteiger partial charge is 0.493 e. The van der Waals surface area contributed by atoms with E-state index in [1.807, 2.05) is 26.8 Å². The Bertz CT molecular complexity index is 623. The second kappa shape index (κ2) is 6.98. The number of nitrogens with zero attached hydrogens (tertiary/aromatic N) is 2. The lowest BCUT2D eigenvalue weighted by Crippen LogP contribution is -2.26. The van der Waals surface area contributed by atoms with Gasteiger partial charge in [-0.05, 0) is 23.6 Å². The minimum Gasteiger partial charge on any atom is -0.493 e. The standard InChI is InChI=1S/C15H21N3O3.ClH/c1-15(2,3)12(16)14-17-13(18-21-14)9-6-7-10(19-4)11(8-9)20-5;/h6-8,12H,16H2,1-5H3;1H/t12-;/m1./s1. The maximum absolute atomic E-state index is 6.12. The Morgan fingerprint density at radius 2 is 1.77 bits per heavy atom. The van der Waals surface area contributed by atoms with Crippen molar-refractivity contribution < 1.29 is 14.0 Å². The van der Waals surface area contributed by atoms with Gasteiger partial charge in [0.15, 0.2) is 11.5 Å². The molecule has 0 aliphatic rings. The molecule has 1 atom stereocenters. The van der Waals surface area contributed by atoms with Crippen molar-refractivity contribution in [3.8, 4) is 22.9 Å². The molecule has 0 bridgehead atoms. The predicted octanol–water partition coefficient (Wildman–Crippen LogP) is 3.22. The molecule has 0 saturated heterocycles. The maximum Gasteiger partial charge on any atom is 0.244 e. The molecule has 7 heteroatoms. The highest BCUT2D eigenvalue weighted by Gasteiger charge is 2.27. The first kappa shape index (κ1) is 18.3. The molecule has 0 amide bonds. The SMILES string of the molecule is COc1ccc(-c2noc([C@@H](N)C(C)(C)C)n2)cc1OC.Cl. The molecule has 1 aromatic heterocycles. The van der Waals surface area contributed by atoms with Gasteiger partial charge in [-0.2, -0.15) is 4.98 Å². The van der Waals surface area contributed by atoms with E-state index in [0.717, 1.165) is 5.56 Å². The summed E-state index contributed by atoms with van der Waals surface area (Å²) in [5.41, 5.74) is 6.75. The van der Waals surface area contributed by atoms with Gasteiger partial charge < -0.3 is 19.7 Å². The molecule has 0 spiro atoms. The Kier molecular flexibility index (Phi) is 5.79. The zero-order valence-electron chi connectivity index (χ0n) is 13.4. The summed E-state index contributed by atoms with van der Waals surface area (Å²) >= 11 is 0. The maximum atomic E-state index is 6.12. The molecule has 0 unspecified atom stereocenters. The third-order valence-electron chi connectivity index (χ3n) is 3.28. The summed E-state index contributed by atoms with van der Waals surface area (Å²) in [6.07, 6.45) is 0. The van der Waals surface area contributed by atoms with Crippen LogP contribution in [0.15, 0.2) is 22.7 Å². The first-order valence-corrected chi connectivity index (χ1v) is 6.68. The number of rotatable bonds is 4. The van der Waals surface area contributed by atoms with E-state index >= 15 is 0 Å². The van der Waals surface area contributed by atoms with E-state index in [1.54, 1.807) is 26.4 Å². The molecule has 0 saturated carbocycles. The van der Waals surface area contributed by atoms with Crippen molar-refractivity contribution in [3.63, 3.8) is 0 Å². The molecule has 1 aromatic carbocycles. The number of methoxy groups -OCH3 is 2. The number of nitrogens with two attached hydrogens (primary N) is 1. The molecule has 1 heterocycles. The van der Waals surface area contributed by atoms with Gasteiger partial charge in [-0.1, -0.05) is 25.9 Å². The Labute approximate surface area is 136 Å². The topological polar surface area (TPSA) is 83.4 Å². The Hall–Kier alpha value is -1.79. The molecule has 0 aliphatic heterocycles. The summed E-state index contributed by atoms with van der Waals surface area (Å²) < 4.78 is 15.8. The molecule has 2 aromatic rings. The third-order valence-corrected chi connectivity index (χ3v) is 3.28. The van der Waals surface area contributed by atoms with Crippen molar-refractivity contribution in [3.05, 3.63) is 24.1 Å². The number of ether oxygens (including phenoxy) is 2. The van der Waals surface area contributed by atoms with Crippen LogP contribution in [0.1, 0.15) is 32.7 Å². The van der Waals surface area contributed by atoms with E-state index in [1.165, 1.54) is 0 Å². The molecule has 22 heavy (non-hydrogen) atoms. The number of hydrogen-bond acceptors (Lipinski definition) is 6. The molecule has 2 rings (SSSR count). The molecule has 0 radical (unpaired) electrons. The summed E-state index contributed by atoms with van der Waals surface area (Å²) in [5, 5.41) is 3.99. The summed E-state index contributed by atoms with van der Waals surface area (Å²) in [6.45, 7) is 6.08. The zero-order valence-corrected chi connectivity index (χ0v) is 14.2. The summed E-state index contributed by atoms with van der Waals surface area (Å²) in [6, 6.07) is 5.13. The Morgan fingerprint density at radius 3 is 2.32 bits per heavy atom. The van der Waals surface area contributed by atoms with Crippen LogP contribution in [0.25, 0.3) is 11.4 Å². The molecule has 0 aliphatic carbocycles. The average molecular weight is 328 g/mol. The van der Waals surface area contributed by atoms with Crippen LogP contribution < -0.4 is 15.2 Å². The minimum absolute atomic E-state index is 0. The number of benzene rings is 1. The fraction of sp³-hybridized carbons (Fsp3) is 0.467. The number of hydrogen-bond donors (Lipinski definition) is 1. The summed E-state index contributed by atoms with van der Waals surface area (Å²) in [4.78, 5) is 4.38. The normalized spacial score (nSPS) is 12.5. The molecule has 2 N–H and O–H groups in total. The van der Waals surface area contributed by atoms with Crippen molar-refractivity contribution in [2.75, 3.05) is 14.2 Å². The van der Waals surface area contributed by atoms with Gasteiger partial charge in [0.1, 0.15) is 0 Å². The number of aromatic nitrogens is 2. The highest BCUT2D eigenvalue weighted by atomic mass is 35.5. The van der Waals surface area contributed by atoms with E-state index in [4.69, 9.17) is 19.7 Å². The lowest BCUT2D eigenvalue weighted by molar-refractivity contribution is 0.253. The summed E-state index contributed by atoms with van der Waals surface area (Å²) in [5.74, 6) is 2.16. The molecule has 122 valence electrons. The van der Waals surface area contributed by atoms with Crippen LogP contribution >= 0.6 is 12.4 Å². The van der Waals surface area contributed by atoms with Crippen LogP contribution in [0, 0.1) is 5.41 Å². The van der Waals surface area contributed by atoms with Crippen molar-refractivity contribution >= 4 is 12.4 Å². The van der Waals surface area contributed by atoms with Gasteiger partial charge in [-0.25, -0.2) is 0 Å². The molecule has 6 nitrogen and oxygen atoms in total. The highest BCUT2D eigenvalue weighted by Crippen LogP contribution is 2.33. The summed E-state index contributed by atoms with van der Waals surface area (Å²) in [7, 11) is 3.17. The molecular weight excluding hydrogens is 306 g/mol. The van der Waals surface area contributed by atoms with Gasteiger partial charge >= 0.3 is 0 Å². The fourth-order valence-corrected chi connectivity index (χ4v) is 1.82. The minimum atomic E-state index is -0.320. The Balaban J connectivity index is 0.00000242. The smallest absolute Gasteiger partial charge is 0.244 e. The van der Waals surface area contributed by atoms with Gasteiger partial charge in [0, 0.05) is 5.56 Å². The number of halogens is 1. The van der Waals surface area contributed by atoms with Crippen molar-refractivity contribution in [1.29, 1.82) is 0 Å². The van der Waals surface area contributed by atoms with E-state index in [9.17, 15) is 0 Å². The first-order valence-electron chi connectivity index (χ1n) is 6.68. The Morgan fingerprint density at radius 1 is 1.14 bits per heavy atom. The first-order chi connectivity index (χ1) is 9.86. The van der Waals surface area contributed by atoms with E-state index < -0.39 is 0 Å². The zero-order chi connectivity index (χ0) is 15.6. The van der Waals surface area contributed by atoms with Gasteiger partial charge in [-0.3, -0.25) is 0 Å². The van der Waals surface area contributed by atoms with Crippen LogP contribution in [-0.4, -0.2) is 24.4 Å². The second-order valence-electron chi connectivity index (χ2n) is 5.87. The van der Waals surface area contributed by atoms with Crippen LogP contribution in [0.3, 0.4) is 0 Å². The van der Waals surface area contributed by atoms with Crippen LogP contribution in [0.2, 0.25) is 0 Å². The van der Waals surface area contributed by atoms with Crippen molar-refractivity contribution in [1.82, 2.24) is 10.1 Å². The van der Waals surface area contributed by atoms with Crippen LogP contribution in [-0.2, 0) is 0 Å². The van der Waals surface area contributed by atoms with Crippen molar-refractivity contribution in [2.24, 2.45) is 11.1 Å². The van der Waals surface area contributed by atoms with Crippen LogP contribution in [0.5, 0.6) is 11.5 Å². The van der Waals surface area contributed by atoms with E-state index in [-0.39, 0.29) is 23.9 Å². The fourth-order valence-electron chi connectivity index (χ4n) is 1.82. The lowest BCUT2D eigenvalue weighted by atomic mass is 9.87. The lowest BCUT2D eigenvalue weighted by Gasteiger charge is -2.23. The highest BCUT2D eigenvalue weighted by molar-refractivity contribution is 5.85. The van der Waals surface area contributed by atoms with Crippen LogP contribution in [0.4, 0.5) is 0 Å². The molecule has 0 fully saturated rings. The quantitative estimate of drug-likeness (QED) is 0.928. The van der Waals surface area contributed by atoms with Gasteiger partial charge in [0.2, 0.25) is 11.7 Å². The van der Waals surface area contributed by atoms with E-state index in [0.29, 0.717) is 23.2 Å². The van der Waals surface area contributed by atoms with Gasteiger partial charge in [-0.15, -0.1) is 12.4 Å². The predicted molar refractivity (Wildman–Crippen MR) is 86.5 cm³/mol. The van der Waals surface area contributed by atoms with Gasteiger partial charge in [0.25, 0.3) is 0 Å². The monoisotopic (exact) mass is 327 g/mol. The third kappa shape index (κ3) is 3.69. The van der Waals surface area contributed by atoms with Crippen molar-refractivity contribution in [2.45, 2.75) is 26.8 Å². The van der Waals surface area contributed by atoms with E-state index in [2.05, 4.69) is 10.1 Å². The second-order valence-corrected chi connectivity index (χ2v) is 5.87. The average Bonchev–Trinajstić information content (AvgIpc) is 2.94. The molecular formula is C15H22ClN3O3.